The molecule has 6 heteroatoms. The number of amides is 1. The summed E-state index contributed by atoms with van der Waals surface area (Å²) in [5, 5.41) is 2.51. The molecule has 2 rings (SSSR count). The Labute approximate surface area is 101 Å². The normalized spacial score (nSPS) is 10.3. The van der Waals surface area contributed by atoms with Gasteiger partial charge in [-0.3, -0.25) is 14.4 Å². The third kappa shape index (κ3) is 1.88. The first-order valence-corrected chi connectivity index (χ1v) is 5.11. The fourth-order valence-corrected chi connectivity index (χ4v) is 1.76. The van der Waals surface area contributed by atoms with E-state index in [-0.39, 0.29) is 28.7 Å². The number of aromatic amines is 1. The smallest absolute Gasteiger partial charge is 0.227 e. The van der Waals surface area contributed by atoms with Crippen LogP contribution < -0.4 is 5.32 Å². The lowest BCUT2D eigenvalue weighted by Crippen LogP contribution is -2.06. The van der Waals surface area contributed by atoms with Gasteiger partial charge < -0.3 is 10.3 Å². The second-order valence-electron chi connectivity index (χ2n) is 3.71. The van der Waals surface area contributed by atoms with Gasteiger partial charge in [-0.05, 0) is 12.1 Å². The van der Waals surface area contributed by atoms with Gasteiger partial charge in [-0.2, -0.15) is 0 Å². The predicted molar refractivity (Wildman–Crippen MR) is 63.0 cm³/mol. The summed E-state index contributed by atoms with van der Waals surface area (Å²) >= 11 is 0. The number of Topliss-reactive ketones (excluding diaryl/α,β-unsaturated/α-hetero) is 1. The minimum atomic E-state index is -0.819. The monoisotopic (exact) mass is 248 g/mol. The van der Waals surface area contributed by atoms with Gasteiger partial charge in [0.05, 0.1) is 16.8 Å². The van der Waals surface area contributed by atoms with Crippen LogP contribution in [0.15, 0.2) is 18.3 Å². The number of H-pyrrole nitrogens is 1. The molecule has 0 saturated carbocycles. The third-order valence-corrected chi connectivity index (χ3v) is 2.47. The summed E-state index contributed by atoms with van der Waals surface area (Å²) in [5.74, 6) is -1.77. The second kappa shape index (κ2) is 4.40. The molecule has 92 valence electrons. The average Bonchev–Trinajstić information content (AvgIpc) is 2.77. The summed E-state index contributed by atoms with van der Waals surface area (Å²) in [5.41, 5.74) is 0.573. The van der Waals surface area contributed by atoms with Crippen molar-refractivity contribution < 1.29 is 18.8 Å². The largest absolute Gasteiger partial charge is 0.359 e. The molecule has 18 heavy (non-hydrogen) atoms. The first-order valence-electron chi connectivity index (χ1n) is 5.11. The SMILES string of the molecule is CC(=O)Nc1ccc(F)c2c(C(=O)C=O)c[nH]c12. The van der Waals surface area contributed by atoms with Crippen molar-refractivity contribution in [1.29, 1.82) is 0 Å². The van der Waals surface area contributed by atoms with Crippen molar-refractivity contribution in [3.8, 4) is 0 Å². The molecule has 1 aromatic heterocycles. The molecule has 2 aromatic rings. The lowest BCUT2D eigenvalue weighted by atomic mass is 10.1. The van der Waals surface area contributed by atoms with Crippen LogP contribution in [-0.4, -0.2) is 23.0 Å². The van der Waals surface area contributed by atoms with Crippen molar-refractivity contribution in [2.45, 2.75) is 6.92 Å². The number of rotatable bonds is 3. The predicted octanol–water partition coefficient (Wildman–Crippen LogP) is 1.65. The van der Waals surface area contributed by atoms with Crippen LogP contribution in [0.4, 0.5) is 10.1 Å². The molecule has 0 unspecified atom stereocenters. The van der Waals surface area contributed by atoms with Gasteiger partial charge in [-0.25, -0.2) is 4.39 Å². The van der Waals surface area contributed by atoms with Crippen LogP contribution >= 0.6 is 0 Å². The summed E-state index contributed by atoms with van der Waals surface area (Å²) in [4.78, 5) is 35.5. The van der Waals surface area contributed by atoms with Crippen LogP contribution in [0.5, 0.6) is 0 Å². The van der Waals surface area contributed by atoms with Gasteiger partial charge in [0.15, 0.2) is 6.29 Å². The zero-order chi connectivity index (χ0) is 13.3. The zero-order valence-corrected chi connectivity index (χ0v) is 9.41. The fraction of sp³-hybridized carbons (Fsp3) is 0.0833. The summed E-state index contributed by atoms with van der Waals surface area (Å²) in [6.07, 6.45) is 1.36. The lowest BCUT2D eigenvalue weighted by Gasteiger charge is -2.04. The number of benzene rings is 1. The first kappa shape index (κ1) is 12.0. The standard InChI is InChI=1S/C12H9FN2O3/c1-6(17)15-9-3-2-8(13)11-7(10(18)5-16)4-14-12(9)11/h2-5,14H,1H3,(H,15,17). The topological polar surface area (TPSA) is 79.0 Å². The maximum absolute atomic E-state index is 13.7. The van der Waals surface area contributed by atoms with Crippen molar-refractivity contribution in [3.63, 3.8) is 0 Å². The number of carbonyl (C=O) groups is 3. The van der Waals surface area contributed by atoms with Gasteiger partial charge >= 0.3 is 0 Å². The Kier molecular flexibility index (Phi) is 2.93. The van der Waals surface area contributed by atoms with Gasteiger partial charge in [0.2, 0.25) is 11.7 Å². The van der Waals surface area contributed by atoms with E-state index < -0.39 is 11.6 Å². The van der Waals surface area contributed by atoms with E-state index in [1.165, 1.54) is 19.2 Å². The van der Waals surface area contributed by atoms with E-state index in [0.717, 1.165) is 6.07 Å². The van der Waals surface area contributed by atoms with Crippen LogP contribution in [0.25, 0.3) is 10.9 Å². The Morgan fingerprint density at radius 1 is 1.39 bits per heavy atom. The highest BCUT2D eigenvalue weighted by Crippen LogP contribution is 2.28. The number of carbonyl (C=O) groups excluding carboxylic acids is 3. The number of aromatic nitrogens is 1. The maximum atomic E-state index is 13.7. The molecule has 1 amide bonds. The van der Waals surface area contributed by atoms with Crippen LogP contribution in [0.1, 0.15) is 17.3 Å². The molecule has 0 radical (unpaired) electrons. The molecule has 0 aliphatic rings. The van der Waals surface area contributed by atoms with Gasteiger partial charge in [0.25, 0.3) is 0 Å². The molecular formula is C12H9FN2O3. The molecule has 1 aromatic carbocycles. The molecule has 0 saturated heterocycles. The van der Waals surface area contributed by atoms with Gasteiger partial charge in [-0.15, -0.1) is 0 Å². The molecule has 0 spiro atoms. The van der Waals surface area contributed by atoms with E-state index >= 15 is 0 Å². The maximum Gasteiger partial charge on any atom is 0.227 e. The Balaban J connectivity index is 2.70. The minimum absolute atomic E-state index is 0.00153. The van der Waals surface area contributed by atoms with E-state index in [2.05, 4.69) is 10.3 Å². The van der Waals surface area contributed by atoms with Crippen molar-refractivity contribution in [2.24, 2.45) is 0 Å². The zero-order valence-electron chi connectivity index (χ0n) is 9.41. The average molecular weight is 248 g/mol. The van der Waals surface area contributed by atoms with Gasteiger partial charge in [0.1, 0.15) is 5.82 Å². The number of anilines is 1. The number of aldehydes is 1. The highest BCUT2D eigenvalue weighted by molar-refractivity contribution is 6.36. The Hall–Kier alpha value is -2.50. The van der Waals surface area contributed by atoms with E-state index in [9.17, 15) is 18.8 Å². The number of hydrogen-bond donors (Lipinski definition) is 2. The summed E-state index contributed by atoms with van der Waals surface area (Å²) in [6.45, 7) is 1.32. The number of halogens is 1. The molecule has 0 bridgehead atoms. The van der Waals surface area contributed by atoms with E-state index in [1.807, 2.05) is 0 Å². The van der Waals surface area contributed by atoms with E-state index in [1.54, 1.807) is 0 Å². The van der Waals surface area contributed by atoms with Crippen molar-refractivity contribution in [2.75, 3.05) is 5.32 Å². The summed E-state index contributed by atoms with van der Waals surface area (Å²) in [6, 6.07) is 2.51. The lowest BCUT2D eigenvalue weighted by molar-refractivity contribution is -0.114. The van der Waals surface area contributed by atoms with Crippen LogP contribution in [0.3, 0.4) is 0 Å². The van der Waals surface area contributed by atoms with E-state index in [0.29, 0.717) is 5.69 Å². The first-order chi connectivity index (χ1) is 8.54. The molecule has 0 aliphatic heterocycles. The number of nitrogens with one attached hydrogen (secondary N) is 2. The third-order valence-electron chi connectivity index (χ3n) is 2.47. The molecular weight excluding hydrogens is 239 g/mol. The molecule has 2 N–H and O–H groups in total. The fourth-order valence-electron chi connectivity index (χ4n) is 1.76. The Morgan fingerprint density at radius 2 is 2.11 bits per heavy atom. The quantitative estimate of drug-likeness (QED) is 0.492. The van der Waals surface area contributed by atoms with Gasteiger partial charge in [0, 0.05) is 18.5 Å². The summed E-state index contributed by atoms with van der Waals surface area (Å²) < 4.78 is 13.7. The van der Waals surface area contributed by atoms with E-state index in [4.69, 9.17) is 0 Å². The molecule has 0 aliphatic carbocycles. The molecule has 0 fully saturated rings. The van der Waals surface area contributed by atoms with Gasteiger partial charge in [-0.1, -0.05) is 0 Å². The highest BCUT2D eigenvalue weighted by Gasteiger charge is 2.17. The Morgan fingerprint density at radius 3 is 2.72 bits per heavy atom. The molecule has 0 atom stereocenters. The highest BCUT2D eigenvalue weighted by atomic mass is 19.1. The van der Waals surface area contributed by atoms with Crippen molar-refractivity contribution in [3.05, 3.63) is 29.7 Å². The van der Waals surface area contributed by atoms with Crippen molar-refractivity contribution in [1.82, 2.24) is 4.98 Å². The number of fused-ring (bicyclic) bond motifs is 1. The molecule has 1 heterocycles. The minimum Gasteiger partial charge on any atom is -0.359 e. The van der Waals surface area contributed by atoms with Crippen molar-refractivity contribution >= 4 is 34.6 Å². The molecule has 5 nitrogen and oxygen atoms in total. The number of ketones is 1. The Bertz CT molecular complexity index is 661. The summed E-state index contributed by atoms with van der Waals surface area (Å²) in [7, 11) is 0. The van der Waals surface area contributed by atoms with Crippen LogP contribution in [0.2, 0.25) is 0 Å². The van der Waals surface area contributed by atoms with Crippen LogP contribution in [0, 0.1) is 5.82 Å². The second-order valence-corrected chi connectivity index (χ2v) is 3.71. The van der Waals surface area contributed by atoms with Crippen LogP contribution in [-0.2, 0) is 9.59 Å². The number of hydrogen-bond acceptors (Lipinski definition) is 3.